The van der Waals surface area contributed by atoms with Crippen LogP contribution < -0.4 is 11.4 Å². The molecule has 1 aromatic heterocycles. The van der Waals surface area contributed by atoms with Crippen molar-refractivity contribution in [3.05, 3.63) is 38.7 Å². The Kier molecular flexibility index (Phi) is 2.74. The molecule has 0 saturated heterocycles. The standard InChI is InChI=1S/C10H9BrN4O/c1-5-2-3-6(11)4-7(5)8-13-9(12)15-10(16)14-8/h2-4H,1H3,(H3,12,13,14,15,16). The summed E-state index contributed by atoms with van der Waals surface area (Å²) < 4.78 is 0.908. The first-order valence-electron chi connectivity index (χ1n) is 4.56. The maximum atomic E-state index is 11.2. The molecule has 0 radical (unpaired) electrons. The number of hydrogen-bond acceptors (Lipinski definition) is 4. The highest BCUT2D eigenvalue weighted by Crippen LogP contribution is 2.23. The monoisotopic (exact) mass is 280 g/mol. The van der Waals surface area contributed by atoms with E-state index in [9.17, 15) is 4.79 Å². The third-order valence-corrected chi connectivity index (χ3v) is 2.62. The second-order valence-electron chi connectivity index (χ2n) is 3.32. The molecule has 0 spiro atoms. The minimum Gasteiger partial charge on any atom is -0.368 e. The van der Waals surface area contributed by atoms with Crippen LogP contribution in [0.15, 0.2) is 27.5 Å². The van der Waals surface area contributed by atoms with Crippen LogP contribution in [0.5, 0.6) is 0 Å². The quantitative estimate of drug-likeness (QED) is 0.829. The SMILES string of the molecule is Cc1ccc(Br)cc1-c1nc(N)nc(=O)[nH]1. The number of H-pyrrole nitrogens is 1. The topological polar surface area (TPSA) is 84.7 Å². The highest BCUT2D eigenvalue weighted by molar-refractivity contribution is 9.10. The molecule has 5 nitrogen and oxygen atoms in total. The molecule has 0 fully saturated rings. The fourth-order valence-electron chi connectivity index (χ4n) is 1.38. The third-order valence-electron chi connectivity index (χ3n) is 2.12. The Balaban J connectivity index is 2.66. The minimum atomic E-state index is -0.498. The minimum absolute atomic E-state index is 0.0295. The number of aryl methyl sites for hydroxylation is 1. The molecule has 16 heavy (non-hydrogen) atoms. The van der Waals surface area contributed by atoms with Gasteiger partial charge >= 0.3 is 5.69 Å². The highest BCUT2D eigenvalue weighted by Gasteiger charge is 2.06. The van der Waals surface area contributed by atoms with Gasteiger partial charge in [0, 0.05) is 10.0 Å². The molecule has 6 heteroatoms. The van der Waals surface area contributed by atoms with E-state index in [1.165, 1.54) is 0 Å². The molecule has 1 aromatic carbocycles. The summed E-state index contributed by atoms with van der Waals surface area (Å²) >= 11 is 3.36. The number of anilines is 1. The molecule has 0 atom stereocenters. The molecular formula is C10H9BrN4O. The number of hydrogen-bond donors (Lipinski definition) is 2. The average molecular weight is 281 g/mol. The van der Waals surface area contributed by atoms with Crippen molar-refractivity contribution in [2.24, 2.45) is 0 Å². The van der Waals surface area contributed by atoms with Crippen molar-refractivity contribution in [2.75, 3.05) is 5.73 Å². The zero-order valence-corrected chi connectivity index (χ0v) is 10.1. The van der Waals surface area contributed by atoms with Crippen molar-refractivity contribution in [3.8, 4) is 11.4 Å². The molecule has 2 rings (SSSR count). The maximum Gasteiger partial charge on any atom is 0.349 e. The summed E-state index contributed by atoms with van der Waals surface area (Å²) in [5.41, 5.74) is 6.75. The summed E-state index contributed by atoms with van der Waals surface area (Å²) in [4.78, 5) is 21.2. The molecule has 0 amide bonds. The summed E-state index contributed by atoms with van der Waals surface area (Å²) in [5, 5.41) is 0. The smallest absolute Gasteiger partial charge is 0.349 e. The van der Waals surface area contributed by atoms with Crippen molar-refractivity contribution in [3.63, 3.8) is 0 Å². The molecular weight excluding hydrogens is 272 g/mol. The normalized spacial score (nSPS) is 10.4. The molecule has 2 aromatic rings. The Labute approximate surface area is 99.9 Å². The van der Waals surface area contributed by atoms with Gasteiger partial charge in [-0.25, -0.2) is 4.79 Å². The summed E-state index contributed by atoms with van der Waals surface area (Å²) in [6.07, 6.45) is 0. The lowest BCUT2D eigenvalue weighted by molar-refractivity contribution is 1.01. The van der Waals surface area contributed by atoms with Gasteiger partial charge in [-0.3, -0.25) is 4.98 Å². The van der Waals surface area contributed by atoms with Gasteiger partial charge in [0.25, 0.3) is 0 Å². The van der Waals surface area contributed by atoms with Crippen LogP contribution in [-0.2, 0) is 0 Å². The third kappa shape index (κ3) is 2.11. The number of aromatic amines is 1. The molecule has 0 saturated carbocycles. The first-order valence-corrected chi connectivity index (χ1v) is 5.36. The first kappa shape index (κ1) is 10.8. The largest absolute Gasteiger partial charge is 0.368 e. The molecule has 0 unspecified atom stereocenters. The van der Waals surface area contributed by atoms with Crippen LogP contribution in [0.2, 0.25) is 0 Å². The van der Waals surface area contributed by atoms with E-state index in [4.69, 9.17) is 5.73 Å². The van der Waals surface area contributed by atoms with Gasteiger partial charge in [-0.2, -0.15) is 9.97 Å². The maximum absolute atomic E-state index is 11.2. The van der Waals surface area contributed by atoms with E-state index in [1.54, 1.807) is 0 Å². The fourth-order valence-corrected chi connectivity index (χ4v) is 1.74. The van der Waals surface area contributed by atoms with Crippen molar-refractivity contribution < 1.29 is 0 Å². The number of aromatic nitrogens is 3. The fraction of sp³-hybridized carbons (Fsp3) is 0.100. The number of nitrogen functional groups attached to an aromatic ring is 1. The zero-order chi connectivity index (χ0) is 11.7. The van der Waals surface area contributed by atoms with Crippen molar-refractivity contribution in [1.29, 1.82) is 0 Å². The number of nitrogens with one attached hydrogen (secondary N) is 1. The molecule has 1 heterocycles. The second-order valence-corrected chi connectivity index (χ2v) is 4.24. The van der Waals surface area contributed by atoms with Crippen molar-refractivity contribution in [2.45, 2.75) is 6.92 Å². The van der Waals surface area contributed by atoms with Gasteiger partial charge in [0.05, 0.1) is 0 Å². The van der Waals surface area contributed by atoms with Gasteiger partial charge in [0.1, 0.15) is 5.82 Å². The molecule has 82 valence electrons. The average Bonchev–Trinajstić information content (AvgIpc) is 2.20. The lowest BCUT2D eigenvalue weighted by atomic mass is 10.1. The molecule has 0 aliphatic heterocycles. The summed E-state index contributed by atoms with van der Waals surface area (Å²) in [6.45, 7) is 1.93. The number of nitrogens with zero attached hydrogens (tertiary/aromatic N) is 2. The second kappa shape index (κ2) is 4.05. The molecule has 0 aliphatic carbocycles. The molecule has 0 aliphatic rings. The van der Waals surface area contributed by atoms with Gasteiger partial charge in [0.2, 0.25) is 5.95 Å². The summed E-state index contributed by atoms with van der Waals surface area (Å²) in [5.74, 6) is 0.398. The van der Waals surface area contributed by atoms with Gasteiger partial charge in [-0.15, -0.1) is 0 Å². The van der Waals surface area contributed by atoms with Crippen LogP contribution in [-0.4, -0.2) is 15.0 Å². The summed E-state index contributed by atoms with van der Waals surface area (Å²) in [7, 11) is 0. The van der Waals surface area contributed by atoms with E-state index in [2.05, 4.69) is 30.9 Å². The van der Waals surface area contributed by atoms with E-state index in [1.807, 2.05) is 25.1 Å². The van der Waals surface area contributed by atoms with Gasteiger partial charge < -0.3 is 5.73 Å². The van der Waals surface area contributed by atoms with Crippen LogP contribution in [0.4, 0.5) is 5.95 Å². The van der Waals surface area contributed by atoms with E-state index in [0.29, 0.717) is 5.82 Å². The predicted octanol–water partition coefficient (Wildman–Crippen LogP) is 1.49. The Bertz CT molecular complexity index is 594. The highest BCUT2D eigenvalue weighted by atomic mass is 79.9. The van der Waals surface area contributed by atoms with Gasteiger partial charge in [0.15, 0.2) is 0 Å². The first-order chi connectivity index (χ1) is 7.56. The van der Waals surface area contributed by atoms with Crippen LogP contribution in [0.3, 0.4) is 0 Å². The van der Waals surface area contributed by atoms with Crippen LogP contribution in [0.1, 0.15) is 5.56 Å². The lowest BCUT2D eigenvalue weighted by Crippen LogP contribution is -2.15. The van der Waals surface area contributed by atoms with Gasteiger partial charge in [-0.05, 0) is 24.6 Å². The Morgan fingerprint density at radius 3 is 2.81 bits per heavy atom. The number of nitrogens with two attached hydrogens (primary N) is 1. The number of rotatable bonds is 1. The van der Waals surface area contributed by atoms with Crippen molar-refractivity contribution >= 4 is 21.9 Å². The molecule has 0 bridgehead atoms. The Morgan fingerprint density at radius 2 is 2.12 bits per heavy atom. The lowest BCUT2D eigenvalue weighted by Gasteiger charge is -2.05. The Morgan fingerprint density at radius 1 is 1.38 bits per heavy atom. The number of benzene rings is 1. The zero-order valence-electron chi connectivity index (χ0n) is 8.49. The van der Waals surface area contributed by atoms with E-state index in [0.717, 1.165) is 15.6 Å². The van der Waals surface area contributed by atoms with E-state index in [-0.39, 0.29) is 5.95 Å². The van der Waals surface area contributed by atoms with E-state index < -0.39 is 5.69 Å². The van der Waals surface area contributed by atoms with E-state index >= 15 is 0 Å². The molecule has 3 N–H and O–H groups in total. The van der Waals surface area contributed by atoms with Gasteiger partial charge in [-0.1, -0.05) is 22.0 Å². The summed E-state index contributed by atoms with van der Waals surface area (Å²) in [6, 6.07) is 5.71. The van der Waals surface area contributed by atoms with Crippen LogP contribution >= 0.6 is 15.9 Å². The predicted molar refractivity (Wildman–Crippen MR) is 64.9 cm³/mol. The van der Waals surface area contributed by atoms with Crippen LogP contribution in [0, 0.1) is 6.92 Å². The van der Waals surface area contributed by atoms with Crippen LogP contribution in [0.25, 0.3) is 11.4 Å². The van der Waals surface area contributed by atoms with Crippen molar-refractivity contribution in [1.82, 2.24) is 15.0 Å². The Hall–Kier alpha value is -1.69. The number of halogens is 1.